The molecule has 0 bridgehead atoms. The van der Waals surface area contributed by atoms with Crippen LogP contribution in [0.15, 0.2) is 60.7 Å². The molecule has 0 saturated carbocycles. The molecule has 0 aliphatic carbocycles. The third-order valence-electron chi connectivity index (χ3n) is 11.3. The number of fused-ring (bicyclic) bond motifs is 1. The van der Waals surface area contributed by atoms with E-state index in [-0.39, 0.29) is 32.3 Å². The zero-order valence-electron chi connectivity index (χ0n) is 32.6. The molecule has 1 unspecified atom stereocenters. The lowest BCUT2D eigenvalue weighted by Crippen LogP contribution is -2.67. The van der Waals surface area contributed by atoms with Gasteiger partial charge in [0, 0.05) is 12.7 Å². The summed E-state index contributed by atoms with van der Waals surface area (Å²) in [4.78, 5) is 0. The van der Waals surface area contributed by atoms with E-state index in [2.05, 4.69) is 97.2 Å². The molecule has 9 nitrogen and oxygen atoms in total. The topological polar surface area (TPSA) is 83.1 Å². The van der Waals surface area contributed by atoms with Crippen molar-refractivity contribution in [1.82, 2.24) is 0 Å². The zero-order chi connectivity index (χ0) is 37.4. The van der Waals surface area contributed by atoms with Gasteiger partial charge in [-0.2, -0.15) is 0 Å². The van der Waals surface area contributed by atoms with Crippen molar-refractivity contribution in [3.63, 3.8) is 0 Å². The summed E-state index contributed by atoms with van der Waals surface area (Å²) in [5, 5.41) is 0.0226. The summed E-state index contributed by atoms with van der Waals surface area (Å²) in [7, 11) is -2.82. The van der Waals surface area contributed by atoms with Gasteiger partial charge < -0.3 is 42.0 Å². The van der Waals surface area contributed by atoms with Crippen LogP contribution in [-0.4, -0.2) is 89.6 Å². The number of hydrogen-bond acceptors (Lipinski definition) is 9. The van der Waals surface area contributed by atoms with Crippen LogP contribution in [0.1, 0.15) is 65.9 Å². The lowest BCUT2D eigenvalue weighted by atomic mass is 9.96. The van der Waals surface area contributed by atoms with E-state index >= 15 is 0 Å². The Bertz CT molecular complexity index is 1380. The van der Waals surface area contributed by atoms with Crippen LogP contribution in [0.2, 0.25) is 36.3 Å². The first kappa shape index (κ1) is 41.4. The highest BCUT2D eigenvalue weighted by Gasteiger charge is 2.57. The number of benzene rings is 2. The summed E-state index contributed by atoms with van der Waals surface area (Å²) in [6.45, 7) is 25.6. The van der Waals surface area contributed by atoms with Crippen LogP contribution in [-0.2, 0) is 48.6 Å². The van der Waals surface area contributed by atoms with Crippen molar-refractivity contribution in [2.75, 3.05) is 13.7 Å². The zero-order valence-corrected chi connectivity index (χ0v) is 36.7. The largest absolute Gasteiger partial charge is 0.410 e. The molecule has 11 atom stereocenters. The Morgan fingerprint density at radius 1 is 0.725 bits per heavy atom. The van der Waals surface area contributed by atoms with Gasteiger partial charge in [0.05, 0.1) is 35.5 Å². The molecule has 5 rings (SSSR count). The summed E-state index contributed by atoms with van der Waals surface area (Å²) in [6.07, 6.45) is -5.00. The maximum atomic E-state index is 7.31. The second-order valence-electron chi connectivity index (χ2n) is 17.2. The summed E-state index contributed by atoms with van der Waals surface area (Å²) < 4.78 is 60.3. The minimum Gasteiger partial charge on any atom is -0.410 e. The standard InChI is InChI=1S/C39H61IO9Si2/c1-25-30(48-50(9,10)38(2,3)4)32(49-51(11,12)39(5,6)7)29(40)36(44-25)47-33-31-28(24-43-35(46-31)27-21-17-14-18-22-27)45-37(41-8)34(33)42-23-26-19-15-13-16-20-26/h13-22,25,28-37H,23-24H2,1-12H3/t25-,28-,29-,30-,31-,32-,33+,34-,35?,36+,37+/m1/s1. The average molecular weight is 857 g/mol. The fraction of sp³-hybridized carbons (Fsp3) is 0.692. The fourth-order valence-corrected chi connectivity index (χ4v) is 10.0. The SMILES string of the molecule is CO[C@H]1O[C@@H]2COC(c3ccccc3)O[C@H]2[C@H](O[C@@H]2O[C@H](C)[C@@H](O[Si](C)(C)C(C)(C)C)[C@H](O[Si](C)(C)C(C)(C)C)[C@H]2I)[C@H]1OCc1ccccc1. The van der Waals surface area contributed by atoms with E-state index in [9.17, 15) is 0 Å². The van der Waals surface area contributed by atoms with Crippen molar-refractivity contribution in [3.05, 3.63) is 71.8 Å². The third kappa shape index (κ3) is 9.56. The molecule has 3 aliphatic rings. The van der Waals surface area contributed by atoms with Crippen LogP contribution >= 0.6 is 22.6 Å². The Labute approximate surface area is 322 Å². The van der Waals surface area contributed by atoms with Crippen molar-refractivity contribution in [3.8, 4) is 0 Å². The molecule has 3 saturated heterocycles. The van der Waals surface area contributed by atoms with E-state index in [1.165, 1.54) is 0 Å². The maximum Gasteiger partial charge on any atom is 0.192 e. The maximum absolute atomic E-state index is 7.31. The predicted molar refractivity (Wildman–Crippen MR) is 212 cm³/mol. The fourth-order valence-electron chi connectivity index (χ4n) is 6.17. The molecule has 2 aromatic carbocycles. The lowest BCUT2D eigenvalue weighted by molar-refractivity contribution is -0.384. The number of alkyl halides is 1. The summed E-state index contributed by atoms with van der Waals surface area (Å²) >= 11 is 2.47. The first-order chi connectivity index (χ1) is 23.8. The van der Waals surface area contributed by atoms with Gasteiger partial charge in [-0.15, -0.1) is 0 Å². The van der Waals surface area contributed by atoms with E-state index < -0.39 is 59.9 Å². The first-order valence-corrected chi connectivity index (χ1v) is 25.4. The minimum absolute atomic E-state index is 0.00115. The van der Waals surface area contributed by atoms with Crippen LogP contribution in [0.5, 0.6) is 0 Å². The van der Waals surface area contributed by atoms with Crippen LogP contribution in [0.3, 0.4) is 0 Å². The smallest absolute Gasteiger partial charge is 0.192 e. The molecule has 3 heterocycles. The molecule has 3 fully saturated rings. The molecule has 0 spiro atoms. The van der Waals surface area contributed by atoms with Crippen LogP contribution in [0.25, 0.3) is 0 Å². The Morgan fingerprint density at radius 2 is 1.29 bits per heavy atom. The second-order valence-corrected chi connectivity index (χ2v) is 28.1. The lowest BCUT2D eigenvalue weighted by Gasteiger charge is -2.53. The first-order valence-electron chi connectivity index (χ1n) is 18.3. The van der Waals surface area contributed by atoms with Crippen molar-refractivity contribution in [1.29, 1.82) is 0 Å². The van der Waals surface area contributed by atoms with E-state index in [0.717, 1.165) is 11.1 Å². The highest BCUT2D eigenvalue weighted by Crippen LogP contribution is 2.46. The molecule has 3 aliphatic heterocycles. The molecular formula is C39H61IO9Si2. The molecule has 286 valence electrons. The normalized spacial score (nSPS) is 33.9. The molecule has 0 N–H and O–H groups in total. The van der Waals surface area contributed by atoms with Crippen molar-refractivity contribution in [2.45, 2.75) is 157 Å². The summed E-state index contributed by atoms with van der Waals surface area (Å²) in [5.41, 5.74) is 1.96. The van der Waals surface area contributed by atoms with Crippen molar-refractivity contribution >= 4 is 39.2 Å². The number of rotatable bonds is 11. The second kappa shape index (κ2) is 16.5. The monoisotopic (exact) mass is 856 g/mol. The van der Waals surface area contributed by atoms with Gasteiger partial charge in [-0.05, 0) is 48.8 Å². The van der Waals surface area contributed by atoms with Gasteiger partial charge in [-0.25, -0.2) is 0 Å². The highest BCUT2D eigenvalue weighted by molar-refractivity contribution is 14.1. The number of methoxy groups -OCH3 is 1. The van der Waals surface area contributed by atoms with Crippen LogP contribution < -0.4 is 0 Å². The van der Waals surface area contributed by atoms with E-state index in [1.54, 1.807) is 7.11 Å². The van der Waals surface area contributed by atoms with Gasteiger partial charge in [0.15, 0.2) is 35.5 Å². The Balaban J connectivity index is 1.49. The van der Waals surface area contributed by atoms with Gasteiger partial charge in [0.2, 0.25) is 0 Å². The van der Waals surface area contributed by atoms with Gasteiger partial charge >= 0.3 is 0 Å². The van der Waals surface area contributed by atoms with Gasteiger partial charge in [-0.1, -0.05) is 125 Å². The summed E-state index contributed by atoms with van der Waals surface area (Å²) in [5.74, 6) is 0. The van der Waals surface area contributed by atoms with Crippen LogP contribution in [0, 0.1) is 0 Å². The third-order valence-corrected chi connectivity index (χ3v) is 21.6. The molecule has 0 radical (unpaired) electrons. The Morgan fingerprint density at radius 3 is 1.86 bits per heavy atom. The van der Waals surface area contributed by atoms with Gasteiger partial charge in [0.25, 0.3) is 0 Å². The quantitative estimate of drug-likeness (QED) is 0.125. The molecule has 2 aromatic rings. The molecule has 12 heteroatoms. The molecular weight excluding hydrogens is 795 g/mol. The Hall–Kier alpha value is -0.756. The number of halogens is 1. The average Bonchev–Trinajstić information content (AvgIpc) is 3.07. The van der Waals surface area contributed by atoms with Crippen molar-refractivity contribution in [2.24, 2.45) is 0 Å². The molecule has 51 heavy (non-hydrogen) atoms. The molecule has 0 aromatic heterocycles. The highest BCUT2D eigenvalue weighted by atomic mass is 127. The van der Waals surface area contributed by atoms with E-state index in [4.69, 9.17) is 42.0 Å². The summed E-state index contributed by atoms with van der Waals surface area (Å²) in [6, 6.07) is 20.0. The number of hydrogen-bond donors (Lipinski definition) is 0. The Kier molecular flexibility index (Phi) is 13.4. The van der Waals surface area contributed by atoms with E-state index in [1.807, 2.05) is 60.7 Å². The van der Waals surface area contributed by atoms with Crippen molar-refractivity contribution < 1.29 is 42.0 Å². The number of ether oxygens (including phenoxy) is 7. The van der Waals surface area contributed by atoms with Gasteiger partial charge in [-0.3, -0.25) is 0 Å². The van der Waals surface area contributed by atoms with Crippen LogP contribution in [0.4, 0.5) is 0 Å². The minimum atomic E-state index is -2.25. The molecule has 0 amide bonds. The predicted octanol–water partition coefficient (Wildman–Crippen LogP) is 8.77. The van der Waals surface area contributed by atoms with Gasteiger partial charge in [0.1, 0.15) is 24.4 Å². The van der Waals surface area contributed by atoms with E-state index in [0.29, 0.717) is 13.2 Å².